The summed E-state index contributed by atoms with van der Waals surface area (Å²) in [5, 5.41) is 9.63. The summed E-state index contributed by atoms with van der Waals surface area (Å²) < 4.78 is 26.4. The van der Waals surface area contributed by atoms with Crippen molar-refractivity contribution in [3.05, 3.63) is 12.3 Å². The number of aromatic nitrogens is 2. The van der Waals surface area contributed by atoms with Gasteiger partial charge in [0.2, 0.25) is 0 Å². The molecule has 17 heavy (non-hydrogen) atoms. The second-order valence-corrected chi connectivity index (χ2v) is 6.04. The van der Waals surface area contributed by atoms with Gasteiger partial charge in [0.1, 0.15) is 0 Å². The number of aromatic amines is 1. The summed E-state index contributed by atoms with van der Waals surface area (Å²) in [6.07, 6.45) is 3.14. The fraction of sp³-hybridized carbons (Fsp3) is 0.700. The van der Waals surface area contributed by atoms with Gasteiger partial charge in [-0.05, 0) is 25.5 Å². The molecule has 1 fully saturated rings. The Kier molecular flexibility index (Phi) is 3.80. The first-order valence-electron chi connectivity index (χ1n) is 5.88. The number of rotatable bonds is 5. The highest BCUT2D eigenvalue weighted by Crippen LogP contribution is 2.19. The number of nitrogens with one attached hydrogen (secondary N) is 2. The molecule has 0 aromatic carbocycles. The van der Waals surface area contributed by atoms with Crippen LogP contribution in [0.5, 0.6) is 0 Å². The van der Waals surface area contributed by atoms with E-state index in [0.717, 1.165) is 25.9 Å². The molecule has 2 rings (SSSR count). The van der Waals surface area contributed by atoms with Gasteiger partial charge in [-0.1, -0.05) is 6.92 Å². The summed E-state index contributed by atoms with van der Waals surface area (Å²) in [6.45, 7) is 4.14. The Morgan fingerprint density at radius 3 is 2.94 bits per heavy atom. The molecule has 7 heteroatoms. The van der Waals surface area contributed by atoms with E-state index in [1.54, 1.807) is 4.31 Å². The molecule has 1 aliphatic rings. The Balaban J connectivity index is 2.26. The third kappa shape index (κ3) is 2.51. The molecule has 1 atom stereocenters. The van der Waals surface area contributed by atoms with Crippen molar-refractivity contribution < 1.29 is 8.42 Å². The first-order chi connectivity index (χ1) is 8.16. The monoisotopic (exact) mass is 258 g/mol. The lowest BCUT2D eigenvalue weighted by molar-refractivity contribution is 0.334. The number of sulfonamides is 1. The summed E-state index contributed by atoms with van der Waals surface area (Å²) in [6, 6.07) is 1.56. The van der Waals surface area contributed by atoms with E-state index in [9.17, 15) is 8.42 Å². The van der Waals surface area contributed by atoms with Crippen LogP contribution in [0.4, 0.5) is 0 Å². The van der Waals surface area contributed by atoms with Crippen LogP contribution in [0.1, 0.15) is 19.8 Å². The molecule has 0 saturated carbocycles. The molecular weight excluding hydrogens is 240 g/mol. The summed E-state index contributed by atoms with van der Waals surface area (Å²) in [4.78, 5) is 0. The minimum atomic E-state index is -3.43. The number of hydrogen-bond acceptors (Lipinski definition) is 4. The van der Waals surface area contributed by atoms with E-state index in [2.05, 4.69) is 15.5 Å². The molecule has 1 aliphatic heterocycles. The van der Waals surface area contributed by atoms with E-state index in [1.807, 2.05) is 6.92 Å². The lowest BCUT2D eigenvalue weighted by atomic mass is 10.2. The second-order valence-electron chi connectivity index (χ2n) is 4.18. The van der Waals surface area contributed by atoms with E-state index in [1.165, 1.54) is 12.3 Å². The standard InChI is InChI=1S/C10H18N4O2S/c1-2-7-14(9-3-5-11-8-9)17(15,16)10-4-6-12-13-10/h4,6,9,11H,2-3,5,7-8H2,1H3,(H,12,13). The van der Waals surface area contributed by atoms with Gasteiger partial charge in [0.05, 0.1) is 6.20 Å². The lowest BCUT2D eigenvalue weighted by Gasteiger charge is -2.26. The van der Waals surface area contributed by atoms with Crippen LogP contribution in [0.25, 0.3) is 0 Å². The molecule has 2 N–H and O–H groups in total. The molecule has 0 aliphatic carbocycles. The first kappa shape index (κ1) is 12.5. The van der Waals surface area contributed by atoms with Crippen LogP contribution in [-0.2, 0) is 10.0 Å². The molecule has 1 aromatic rings. The van der Waals surface area contributed by atoms with Crippen molar-refractivity contribution >= 4 is 10.0 Å². The van der Waals surface area contributed by atoms with Crippen molar-refractivity contribution in [2.24, 2.45) is 0 Å². The van der Waals surface area contributed by atoms with E-state index in [4.69, 9.17) is 0 Å². The van der Waals surface area contributed by atoms with Crippen LogP contribution < -0.4 is 5.32 Å². The second kappa shape index (κ2) is 5.16. The van der Waals surface area contributed by atoms with Crippen LogP contribution in [-0.4, -0.2) is 48.6 Å². The highest BCUT2D eigenvalue weighted by Gasteiger charge is 2.33. The van der Waals surface area contributed by atoms with Gasteiger partial charge in [-0.25, -0.2) is 8.42 Å². The lowest BCUT2D eigenvalue weighted by Crippen LogP contribution is -2.42. The van der Waals surface area contributed by atoms with Gasteiger partial charge in [-0.3, -0.25) is 5.10 Å². The molecular formula is C10H18N4O2S. The van der Waals surface area contributed by atoms with Crippen molar-refractivity contribution in [1.29, 1.82) is 0 Å². The summed E-state index contributed by atoms with van der Waals surface area (Å²) in [5.74, 6) is 0. The third-order valence-electron chi connectivity index (χ3n) is 2.95. The van der Waals surface area contributed by atoms with E-state index >= 15 is 0 Å². The molecule has 96 valence electrons. The zero-order chi connectivity index (χ0) is 12.3. The Morgan fingerprint density at radius 1 is 1.59 bits per heavy atom. The van der Waals surface area contributed by atoms with Crippen LogP contribution in [0, 0.1) is 0 Å². The fourth-order valence-electron chi connectivity index (χ4n) is 2.12. The molecule has 0 amide bonds. The molecule has 1 aromatic heterocycles. The molecule has 0 spiro atoms. The molecule has 6 nitrogen and oxygen atoms in total. The number of H-pyrrole nitrogens is 1. The van der Waals surface area contributed by atoms with Crippen molar-refractivity contribution in [1.82, 2.24) is 19.8 Å². The minimum absolute atomic E-state index is 0.0586. The van der Waals surface area contributed by atoms with Gasteiger partial charge >= 0.3 is 0 Å². The number of hydrogen-bond donors (Lipinski definition) is 2. The van der Waals surface area contributed by atoms with Crippen molar-refractivity contribution in [2.45, 2.75) is 30.8 Å². The van der Waals surface area contributed by atoms with Crippen LogP contribution in [0.2, 0.25) is 0 Å². The normalized spacial score (nSPS) is 21.2. The van der Waals surface area contributed by atoms with Crippen LogP contribution in [0.15, 0.2) is 17.3 Å². The smallest absolute Gasteiger partial charge is 0.260 e. The van der Waals surface area contributed by atoms with Crippen molar-refractivity contribution in [3.8, 4) is 0 Å². The van der Waals surface area contributed by atoms with E-state index in [0.29, 0.717) is 6.54 Å². The first-order valence-corrected chi connectivity index (χ1v) is 7.32. The van der Waals surface area contributed by atoms with E-state index in [-0.39, 0.29) is 11.1 Å². The highest BCUT2D eigenvalue weighted by atomic mass is 32.2. The molecule has 1 unspecified atom stereocenters. The Morgan fingerprint density at radius 2 is 2.41 bits per heavy atom. The van der Waals surface area contributed by atoms with Gasteiger partial charge < -0.3 is 5.32 Å². The average Bonchev–Trinajstić information content (AvgIpc) is 2.97. The van der Waals surface area contributed by atoms with Crippen molar-refractivity contribution in [2.75, 3.05) is 19.6 Å². The maximum Gasteiger partial charge on any atom is 0.260 e. The quantitative estimate of drug-likeness (QED) is 0.789. The maximum absolute atomic E-state index is 12.4. The Labute approximate surface area is 101 Å². The SMILES string of the molecule is CCCN(C1CCNC1)S(=O)(=O)c1ccn[nH]1. The van der Waals surface area contributed by atoms with Gasteiger partial charge in [0.15, 0.2) is 5.03 Å². The molecule has 1 saturated heterocycles. The predicted octanol–water partition coefficient (Wildman–Crippen LogP) is 0.172. The third-order valence-corrected chi connectivity index (χ3v) is 4.83. The Bertz CT molecular complexity index is 437. The van der Waals surface area contributed by atoms with Crippen LogP contribution in [0.3, 0.4) is 0 Å². The van der Waals surface area contributed by atoms with E-state index < -0.39 is 10.0 Å². The largest absolute Gasteiger partial charge is 0.315 e. The zero-order valence-electron chi connectivity index (χ0n) is 9.89. The molecule has 0 bridgehead atoms. The summed E-state index contributed by atoms with van der Waals surface area (Å²) >= 11 is 0. The zero-order valence-corrected chi connectivity index (χ0v) is 10.7. The van der Waals surface area contributed by atoms with Gasteiger partial charge in [-0.2, -0.15) is 9.40 Å². The summed E-state index contributed by atoms with van der Waals surface area (Å²) in [7, 11) is -3.43. The fourth-order valence-corrected chi connectivity index (χ4v) is 3.77. The molecule has 2 heterocycles. The van der Waals surface area contributed by atoms with Gasteiger partial charge in [-0.15, -0.1) is 0 Å². The average molecular weight is 258 g/mol. The maximum atomic E-state index is 12.4. The van der Waals surface area contributed by atoms with Gasteiger partial charge in [0.25, 0.3) is 10.0 Å². The molecule has 0 radical (unpaired) electrons. The number of nitrogens with zero attached hydrogens (tertiary/aromatic N) is 2. The van der Waals surface area contributed by atoms with Crippen molar-refractivity contribution in [3.63, 3.8) is 0 Å². The summed E-state index contributed by atoms with van der Waals surface area (Å²) in [5.41, 5.74) is 0. The van der Waals surface area contributed by atoms with Crippen LogP contribution >= 0.6 is 0 Å². The Hall–Kier alpha value is -0.920. The predicted molar refractivity (Wildman–Crippen MR) is 64.0 cm³/mol. The minimum Gasteiger partial charge on any atom is -0.315 e. The topological polar surface area (TPSA) is 78.1 Å². The highest BCUT2D eigenvalue weighted by molar-refractivity contribution is 7.89. The van der Waals surface area contributed by atoms with Gasteiger partial charge in [0, 0.05) is 19.1 Å².